The van der Waals surface area contributed by atoms with E-state index in [9.17, 15) is 10.2 Å². The first-order valence-electron chi connectivity index (χ1n) is 4.83. The molecule has 0 aromatic rings. The van der Waals surface area contributed by atoms with Crippen LogP contribution in [0.3, 0.4) is 0 Å². The van der Waals surface area contributed by atoms with Gasteiger partial charge >= 0.3 is 0 Å². The molecule has 0 aromatic heterocycles. The molecule has 0 aliphatic heterocycles. The Morgan fingerprint density at radius 2 is 2.08 bits per heavy atom. The van der Waals surface area contributed by atoms with E-state index in [1.54, 1.807) is 13.8 Å². The second-order valence-electron chi connectivity index (χ2n) is 4.53. The molecule has 74 valence electrons. The van der Waals surface area contributed by atoms with Gasteiger partial charge in [-0.15, -0.1) is 0 Å². The first-order chi connectivity index (χ1) is 5.83. The van der Waals surface area contributed by atoms with Crippen LogP contribution < -0.4 is 0 Å². The molecular weight excluding hydrogens is 164 g/mol. The fourth-order valence-electron chi connectivity index (χ4n) is 1.61. The van der Waals surface area contributed by atoms with Gasteiger partial charge in [0, 0.05) is 0 Å². The summed E-state index contributed by atoms with van der Waals surface area (Å²) in [6.07, 6.45) is 2.78. The highest BCUT2D eigenvalue weighted by Gasteiger charge is 2.36. The third-order valence-electron chi connectivity index (χ3n) is 2.60. The lowest BCUT2D eigenvalue weighted by molar-refractivity contribution is 0.0670. The summed E-state index contributed by atoms with van der Waals surface area (Å²) in [6.45, 7) is 5.26. The van der Waals surface area contributed by atoms with E-state index in [1.807, 2.05) is 6.92 Å². The highest BCUT2D eigenvalue weighted by molar-refractivity contribution is 5.21. The largest absolute Gasteiger partial charge is 0.378 e. The van der Waals surface area contributed by atoms with Crippen molar-refractivity contribution in [3.8, 4) is 11.8 Å². The number of hydrogen-bond donors (Lipinski definition) is 2. The molecule has 1 aliphatic carbocycles. The van der Waals surface area contributed by atoms with E-state index in [0.29, 0.717) is 0 Å². The Kier molecular flexibility index (Phi) is 2.70. The lowest BCUT2D eigenvalue weighted by Crippen LogP contribution is -2.30. The highest BCUT2D eigenvalue weighted by atomic mass is 16.3. The Morgan fingerprint density at radius 1 is 1.46 bits per heavy atom. The van der Waals surface area contributed by atoms with Crippen LogP contribution in [0.1, 0.15) is 40.0 Å². The average Bonchev–Trinajstić information content (AvgIpc) is 2.29. The van der Waals surface area contributed by atoms with E-state index in [-0.39, 0.29) is 5.92 Å². The first-order valence-corrected chi connectivity index (χ1v) is 4.83. The maximum absolute atomic E-state index is 10.0. The van der Waals surface area contributed by atoms with Crippen LogP contribution in [0.4, 0.5) is 0 Å². The number of aliphatic hydroxyl groups is 2. The van der Waals surface area contributed by atoms with Crippen molar-refractivity contribution < 1.29 is 10.2 Å². The van der Waals surface area contributed by atoms with Crippen molar-refractivity contribution in [3.05, 3.63) is 0 Å². The number of rotatable bonds is 0. The summed E-state index contributed by atoms with van der Waals surface area (Å²) in [5.41, 5.74) is -1.86. The first kappa shape index (κ1) is 10.6. The summed E-state index contributed by atoms with van der Waals surface area (Å²) in [5, 5.41) is 19.4. The zero-order valence-corrected chi connectivity index (χ0v) is 8.59. The van der Waals surface area contributed by atoms with Crippen LogP contribution in [-0.4, -0.2) is 21.4 Å². The Bertz CT molecular complexity index is 241. The summed E-state index contributed by atoms with van der Waals surface area (Å²) < 4.78 is 0. The van der Waals surface area contributed by atoms with E-state index >= 15 is 0 Å². The molecule has 0 spiro atoms. The minimum atomic E-state index is -1.00. The quantitative estimate of drug-likeness (QED) is 0.555. The van der Waals surface area contributed by atoms with Gasteiger partial charge < -0.3 is 10.2 Å². The Balaban J connectivity index is 2.75. The molecule has 2 heteroatoms. The fraction of sp³-hybridized carbons (Fsp3) is 0.818. The van der Waals surface area contributed by atoms with Crippen LogP contribution in [0, 0.1) is 17.8 Å². The predicted molar refractivity (Wildman–Crippen MR) is 52.0 cm³/mol. The van der Waals surface area contributed by atoms with Gasteiger partial charge in [0.1, 0.15) is 11.2 Å². The zero-order chi connectivity index (χ0) is 10.1. The molecular formula is C11H18O2. The van der Waals surface area contributed by atoms with Crippen molar-refractivity contribution in [2.45, 2.75) is 51.2 Å². The molecule has 2 nitrogen and oxygen atoms in total. The van der Waals surface area contributed by atoms with Crippen LogP contribution in [-0.2, 0) is 0 Å². The molecule has 0 radical (unpaired) electrons. The highest BCUT2D eigenvalue weighted by Crippen LogP contribution is 2.34. The van der Waals surface area contributed by atoms with Gasteiger partial charge in [0.15, 0.2) is 0 Å². The van der Waals surface area contributed by atoms with Crippen LogP contribution in [0.2, 0.25) is 0 Å². The third kappa shape index (κ3) is 2.72. The maximum Gasteiger partial charge on any atom is 0.128 e. The molecule has 2 N–H and O–H groups in total. The van der Waals surface area contributed by atoms with Crippen molar-refractivity contribution in [2.75, 3.05) is 0 Å². The van der Waals surface area contributed by atoms with E-state index in [0.717, 1.165) is 19.3 Å². The zero-order valence-electron chi connectivity index (χ0n) is 8.59. The molecule has 0 bridgehead atoms. The third-order valence-corrected chi connectivity index (χ3v) is 2.60. The second-order valence-corrected chi connectivity index (χ2v) is 4.53. The van der Waals surface area contributed by atoms with Gasteiger partial charge in [0.05, 0.1) is 0 Å². The van der Waals surface area contributed by atoms with Gasteiger partial charge in [0.25, 0.3) is 0 Å². The molecule has 0 heterocycles. The van der Waals surface area contributed by atoms with Crippen LogP contribution in [0.5, 0.6) is 0 Å². The standard InChI is InChI=1S/C11H18O2/c1-9-5-4-6-11(9,13)8-7-10(2,3)12/h9,12-13H,4-6H2,1-3H3. The molecule has 0 saturated heterocycles. The Hall–Kier alpha value is -0.520. The summed E-state index contributed by atoms with van der Waals surface area (Å²) >= 11 is 0. The normalized spacial score (nSPS) is 34.1. The smallest absolute Gasteiger partial charge is 0.128 e. The van der Waals surface area contributed by atoms with Gasteiger partial charge in [0.2, 0.25) is 0 Å². The van der Waals surface area contributed by atoms with Gasteiger partial charge in [-0.05, 0) is 39.0 Å². The van der Waals surface area contributed by atoms with E-state index in [1.165, 1.54) is 0 Å². The van der Waals surface area contributed by atoms with Crippen LogP contribution in [0.15, 0.2) is 0 Å². The Labute approximate surface area is 80.0 Å². The van der Waals surface area contributed by atoms with Crippen molar-refractivity contribution in [1.82, 2.24) is 0 Å². The predicted octanol–water partition coefficient (Wildman–Crippen LogP) is 1.31. The van der Waals surface area contributed by atoms with Gasteiger partial charge in [-0.3, -0.25) is 0 Å². The van der Waals surface area contributed by atoms with E-state index in [2.05, 4.69) is 11.8 Å². The van der Waals surface area contributed by atoms with Crippen LogP contribution >= 0.6 is 0 Å². The molecule has 0 amide bonds. The molecule has 13 heavy (non-hydrogen) atoms. The lowest BCUT2D eigenvalue weighted by atomic mass is 9.92. The van der Waals surface area contributed by atoms with E-state index < -0.39 is 11.2 Å². The molecule has 2 unspecified atom stereocenters. The van der Waals surface area contributed by atoms with Crippen molar-refractivity contribution in [3.63, 3.8) is 0 Å². The van der Waals surface area contributed by atoms with Crippen LogP contribution in [0.25, 0.3) is 0 Å². The number of hydrogen-bond acceptors (Lipinski definition) is 2. The fourth-order valence-corrected chi connectivity index (χ4v) is 1.61. The molecule has 0 aromatic carbocycles. The van der Waals surface area contributed by atoms with Gasteiger partial charge in [-0.2, -0.15) is 0 Å². The Morgan fingerprint density at radius 3 is 2.46 bits per heavy atom. The minimum Gasteiger partial charge on any atom is -0.378 e. The summed E-state index contributed by atoms with van der Waals surface area (Å²) in [4.78, 5) is 0. The minimum absolute atomic E-state index is 0.224. The lowest BCUT2D eigenvalue weighted by Gasteiger charge is -2.21. The molecule has 1 aliphatic rings. The summed E-state index contributed by atoms with van der Waals surface area (Å²) in [5.74, 6) is 5.72. The topological polar surface area (TPSA) is 40.5 Å². The molecule has 1 fully saturated rings. The average molecular weight is 182 g/mol. The van der Waals surface area contributed by atoms with Crippen molar-refractivity contribution >= 4 is 0 Å². The molecule has 2 atom stereocenters. The second kappa shape index (κ2) is 3.32. The van der Waals surface area contributed by atoms with E-state index in [4.69, 9.17) is 0 Å². The monoisotopic (exact) mass is 182 g/mol. The van der Waals surface area contributed by atoms with Crippen molar-refractivity contribution in [1.29, 1.82) is 0 Å². The maximum atomic E-state index is 10.0. The summed E-state index contributed by atoms with van der Waals surface area (Å²) in [7, 11) is 0. The van der Waals surface area contributed by atoms with Gasteiger partial charge in [-0.1, -0.05) is 18.8 Å². The van der Waals surface area contributed by atoms with Crippen molar-refractivity contribution in [2.24, 2.45) is 5.92 Å². The van der Waals surface area contributed by atoms with Gasteiger partial charge in [-0.25, -0.2) is 0 Å². The molecule has 1 rings (SSSR count). The molecule has 1 saturated carbocycles. The summed E-state index contributed by atoms with van der Waals surface area (Å²) in [6, 6.07) is 0. The SMILES string of the molecule is CC1CCCC1(O)C#CC(C)(C)O.